The smallest absolute Gasteiger partial charge is 0.204 e. The molecular formula is C16H18ClN3S. The highest BCUT2D eigenvalue weighted by atomic mass is 35.5. The highest BCUT2D eigenvalue weighted by Crippen LogP contribution is 2.34. The van der Waals surface area contributed by atoms with E-state index in [4.69, 9.17) is 16.6 Å². The molecule has 0 radical (unpaired) electrons. The highest BCUT2D eigenvalue weighted by Gasteiger charge is 2.17. The predicted molar refractivity (Wildman–Crippen MR) is 90.3 cm³/mol. The minimum Gasteiger partial charge on any atom is -0.312 e. The Balaban J connectivity index is 2.21. The molecule has 0 aliphatic carbocycles. The van der Waals surface area contributed by atoms with Crippen LogP contribution in [0.2, 0.25) is 5.28 Å². The van der Waals surface area contributed by atoms with Crippen LogP contribution in [0.3, 0.4) is 0 Å². The topological polar surface area (TPSA) is 30.7 Å². The number of hydrogen-bond acceptors (Lipinski definition) is 3. The van der Waals surface area contributed by atoms with Gasteiger partial charge in [0.1, 0.15) is 10.5 Å². The van der Waals surface area contributed by atoms with Gasteiger partial charge < -0.3 is 4.57 Å². The van der Waals surface area contributed by atoms with Crippen LogP contribution < -0.4 is 0 Å². The molecule has 0 unspecified atom stereocenters. The summed E-state index contributed by atoms with van der Waals surface area (Å²) in [6, 6.07) is 6.46. The summed E-state index contributed by atoms with van der Waals surface area (Å²) in [7, 11) is 0. The Morgan fingerprint density at radius 2 is 1.90 bits per heavy atom. The van der Waals surface area contributed by atoms with Gasteiger partial charge in [0.2, 0.25) is 5.28 Å². The lowest BCUT2D eigenvalue weighted by Gasteiger charge is -2.09. The van der Waals surface area contributed by atoms with E-state index >= 15 is 0 Å². The van der Waals surface area contributed by atoms with Gasteiger partial charge >= 0.3 is 0 Å². The highest BCUT2D eigenvalue weighted by molar-refractivity contribution is 7.13. The van der Waals surface area contributed by atoms with Crippen LogP contribution in [-0.4, -0.2) is 14.5 Å². The van der Waals surface area contributed by atoms with Crippen LogP contribution in [0.25, 0.3) is 21.6 Å². The Kier molecular flexibility index (Phi) is 3.76. The van der Waals surface area contributed by atoms with Gasteiger partial charge in [0, 0.05) is 17.0 Å². The molecule has 3 rings (SSSR count). The van der Waals surface area contributed by atoms with Gasteiger partial charge in [-0.2, -0.15) is 0 Å². The van der Waals surface area contributed by atoms with Crippen molar-refractivity contribution in [3.8, 4) is 10.6 Å². The van der Waals surface area contributed by atoms with E-state index in [2.05, 4.69) is 54.8 Å². The molecule has 0 fully saturated rings. The summed E-state index contributed by atoms with van der Waals surface area (Å²) in [4.78, 5) is 9.30. The maximum atomic E-state index is 6.31. The lowest BCUT2D eigenvalue weighted by Crippen LogP contribution is -2.00. The first kappa shape index (κ1) is 14.5. The first-order valence-corrected chi connectivity index (χ1v) is 8.37. The Labute approximate surface area is 133 Å². The molecule has 0 atom stereocenters. The molecule has 3 nitrogen and oxygen atoms in total. The van der Waals surface area contributed by atoms with Gasteiger partial charge in [-0.15, -0.1) is 11.3 Å². The third-order valence-electron chi connectivity index (χ3n) is 3.54. The van der Waals surface area contributed by atoms with Crippen molar-refractivity contribution in [3.05, 3.63) is 34.6 Å². The molecule has 2 heterocycles. The van der Waals surface area contributed by atoms with E-state index in [9.17, 15) is 0 Å². The number of hydrogen-bond donors (Lipinski definition) is 0. The molecule has 21 heavy (non-hydrogen) atoms. The summed E-state index contributed by atoms with van der Waals surface area (Å²) in [5.41, 5.74) is 4.18. The largest absolute Gasteiger partial charge is 0.312 e. The number of imidazole rings is 1. The van der Waals surface area contributed by atoms with Crippen molar-refractivity contribution in [1.29, 1.82) is 0 Å². The molecule has 0 N–H and O–H groups in total. The van der Waals surface area contributed by atoms with Gasteiger partial charge in [-0.25, -0.2) is 9.97 Å². The minimum atomic E-state index is 0.278. The third-order valence-corrected chi connectivity index (χ3v) is 4.70. The molecule has 5 heteroatoms. The Bertz CT molecular complexity index is 786. The molecule has 0 aliphatic heterocycles. The normalized spacial score (nSPS) is 12.0. The second-order valence-electron chi connectivity index (χ2n) is 5.75. The van der Waals surface area contributed by atoms with Crippen molar-refractivity contribution < 1.29 is 0 Å². The van der Waals surface area contributed by atoms with E-state index in [-0.39, 0.29) is 6.04 Å². The van der Waals surface area contributed by atoms with Crippen LogP contribution >= 0.6 is 22.9 Å². The minimum absolute atomic E-state index is 0.278. The number of para-hydroxylation sites is 1. The first-order valence-electron chi connectivity index (χ1n) is 7.11. The summed E-state index contributed by atoms with van der Waals surface area (Å²) in [6.07, 6.45) is 0. The molecule has 0 aliphatic rings. The molecule has 0 amide bonds. The second kappa shape index (κ2) is 5.43. The number of aromatic nitrogens is 3. The molecule has 0 bridgehead atoms. The zero-order chi connectivity index (χ0) is 15.1. The van der Waals surface area contributed by atoms with Crippen LogP contribution in [0.4, 0.5) is 0 Å². The molecule has 0 saturated carbocycles. The van der Waals surface area contributed by atoms with E-state index in [1.807, 2.05) is 6.07 Å². The number of halogens is 1. The van der Waals surface area contributed by atoms with Gasteiger partial charge in [-0.1, -0.05) is 19.9 Å². The second-order valence-corrected chi connectivity index (χ2v) is 6.95. The van der Waals surface area contributed by atoms with E-state index in [0.717, 1.165) is 27.3 Å². The van der Waals surface area contributed by atoms with Crippen LogP contribution in [0, 0.1) is 0 Å². The zero-order valence-electron chi connectivity index (χ0n) is 12.6. The number of rotatable bonds is 3. The van der Waals surface area contributed by atoms with Gasteiger partial charge in [-0.3, -0.25) is 0 Å². The van der Waals surface area contributed by atoms with Gasteiger partial charge in [0.15, 0.2) is 0 Å². The fourth-order valence-corrected chi connectivity index (χ4v) is 3.81. The quantitative estimate of drug-likeness (QED) is 0.636. The summed E-state index contributed by atoms with van der Waals surface area (Å²) < 4.78 is 2.05. The number of thiazole rings is 1. The molecule has 3 aromatic rings. The Hall–Kier alpha value is -1.39. The van der Waals surface area contributed by atoms with Crippen molar-refractivity contribution in [2.24, 2.45) is 0 Å². The summed E-state index contributed by atoms with van der Waals surface area (Å²) >= 11 is 7.98. The van der Waals surface area contributed by atoms with Gasteiger partial charge in [0.25, 0.3) is 0 Å². The fourth-order valence-electron chi connectivity index (χ4n) is 2.43. The lowest BCUT2D eigenvalue weighted by atomic mass is 10.1. The average Bonchev–Trinajstić information content (AvgIpc) is 3.00. The van der Waals surface area contributed by atoms with Crippen LogP contribution in [0.15, 0.2) is 23.6 Å². The molecule has 1 aromatic carbocycles. The molecule has 0 spiro atoms. The van der Waals surface area contributed by atoms with Gasteiger partial charge in [-0.05, 0) is 43.5 Å². The maximum Gasteiger partial charge on any atom is 0.204 e. The SMILES string of the molecule is CC(C)c1csc(-c2cccc3c2nc(Cl)n3C(C)C)n1. The van der Waals surface area contributed by atoms with Crippen molar-refractivity contribution in [2.45, 2.75) is 39.7 Å². The van der Waals surface area contributed by atoms with Crippen LogP contribution in [0.5, 0.6) is 0 Å². The van der Waals surface area contributed by atoms with Crippen molar-refractivity contribution >= 4 is 34.0 Å². The summed E-state index contributed by atoms with van der Waals surface area (Å²) in [5, 5.41) is 3.67. The van der Waals surface area contributed by atoms with E-state index in [1.165, 1.54) is 0 Å². The van der Waals surface area contributed by atoms with Crippen molar-refractivity contribution in [2.75, 3.05) is 0 Å². The number of nitrogens with zero attached hydrogens (tertiary/aromatic N) is 3. The molecule has 0 saturated heterocycles. The average molecular weight is 320 g/mol. The van der Waals surface area contributed by atoms with Crippen LogP contribution in [-0.2, 0) is 0 Å². The van der Waals surface area contributed by atoms with Gasteiger partial charge in [0.05, 0.1) is 11.2 Å². The summed E-state index contributed by atoms with van der Waals surface area (Å²) in [5.74, 6) is 0.436. The number of fused-ring (bicyclic) bond motifs is 1. The standard InChI is InChI=1S/C16H18ClN3S/c1-9(2)12-8-21-15(18-12)11-6-5-7-13-14(11)19-16(17)20(13)10(3)4/h5-10H,1-4H3. The van der Waals surface area contributed by atoms with Crippen molar-refractivity contribution in [3.63, 3.8) is 0 Å². The zero-order valence-corrected chi connectivity index (χ0v) is 14.2. The Morgan fingerprint density at radius 1 is 1.14 bits per heavy atom. The van der Waals surface area contributed by atoms with E-state index in [1.54, 1.807) is 11.3 Å². The maximum absolute atomic E-state index is 6.31. The monoisotopic (exact) mass is 319 g/mol. The molecule has 110 valence electrons. The number of benzene rings is 1. The lowest BCUT2D eigenvalue weighted by molar-refractivity contribution is 0.618. The Morgan fingerprint density at radius 3 is 2.52 bits per heavy atom. The molecular weight excluding hydrogens is 302 g/mol. The van der Waals surface area contributed by atoms with Crippen molar-refractivity contribution in [1.82, 2.24) is 14.5 Å². The fraction of sp³-hybridized carbons (Fsp3) is 0.375. The van der Waals surface area contributed by atoms with Crippen LogP contribution in [0.1, 0.15) is 45.3 Å². The molecule has 2 aromatic heterocycles. The third kappa shape index (κ3) is 2.47. The van der Waals surface area contributed by atoms with E-state index in [0.29, 0.717) is 11.2 Å². The van der Waals surface area contributed by atoms with E-state index < -0.39 is 0 Å². The summed E-state index contributed by atoms with van der Waals surface area (Å²) in [6.45, 7) is 8.54. The first-order chi connectivity index (χ1) is 9.99. The predicted octanol–water partition coefficient (Wildman–Crippen LogP) is 5.52.